The van der Waals surface area contributed by atoms with Gasteiger partial charge in [0.2, 0.25) is 0 Å². The van der Waals surface area contributed by atoms with Gasteiger partial charge in [-0.3, -0.25) is 9.78 Å². The van der Waals surface area contributed by atoms with Gasteiger partial charge in [-0.25, -0.2) is 0 Å². The third-order valence-electron chi connectivity index (χ3n) is 3.36. The second-order valence-corrected chi connectivity index (χ2v) is 5.34. The minimum absolute atomic E-state index is 0.149. The zero-order valence-corrected chi connectivity index (χ0v) is 11.7. The van der Waals surface area contributed by atoms with Crippen molar-refractivity contribution in [1.29, 1.82) is 0 Å². The van der Waals surface area contributed by atoms with Crippen LogP contribution >= 0.6 is 11.6 Å². The standard InChI is InChI=1S/C16H14ClNO2/c17-14-8-12-3-6-20-16(12)13(9-14)10-15(19)7-11-1-4-18-5-2-11/h1-2,4-5,8-9H,3,6-7,10H2. The fraction of sp³-hybridized carbons (Fsp3) is 0.250. The highest BCUT2D eigenvalue weighted by Gasteiger charge is 2.19. The fourth-order valence-electron chi connectivity index (χ4n) is 2.48. The molecule has 3 rings (SSSR count). The van der Waals surface area contributed by atoms with Crippen molar-refractivity contribution >= 4 is 17.4 Å². The van der Waals surface area contributed by atoms with Crippen molar-refractivity contribution in [3.63, 3.8) is 0 Å². The summed E-state index contributed by atoms with van der Waals surface area (Å²) in [5, 5.41) is 0.668. The molecule has 1 aliphatic rings. The highest BCUT2D eigenvalue weighted by Crippen LogP contribution is 2.33. The van der Waals surface area contributed by atoms with Gasteiger partial charge in [0, 0.05) is 42.2 Å². The molecule has 0 spiro atoms. The van der Waals surface area contributed by atoms with Gasteiger partial charge < -0.3 is 4.74 Å². The Bertz CT molecular complexity index is 640. The monoisotopic (exact) mass is 287 g/mol. The smallest absolute Gasteiger partial charge is 0.141 e. The van der Waals surface area contributed by atoms with Crippen LogP contribution in [-0.2, 0) is 24.1 Å². The van der Waals surface area contributed by atoms with Gasteiger partial charge in [0.1, 0.15) is 11.5 Å². The van der Waals surface area contributed by atoms with Crippen LogP contribution in [0.1, 0.15) is 16.7 Å². The molecule has 3 nitrogen and oxygen atoms in total. The first-order valence-corrected chi connectivity index (χ1v) is 6.95. The molecule has 0 unspecified atom stereocenters. The molecule has 4 heteroatoms. The fourth-order valence-corrected chi connectivity index (χ4v) is 2.74. The Morgan fingerprint density at radius 3 is 2.85 bits per heavy atom. The first-order valence-electron chi connectivity index (χ1n) is 6.57. The topological polar surface area (TPSA) is 39.2 Å². The normalized spacial score (nSPS) is 12.8. The van der Waals surface area contributed by atoms with Crippen molar-refractivity contribution < 1.29 is 9.53 Å². The van der Waals surface area contributed by atoms with Gasteiger partial charge in [0.05, 0.1) is 6.61 Å². The second kappa shape index (κ2) is 5.63. The first kappa shape index (κ1) is 13.1. The summed E-state index contributed by atoms with van der Waals surface area (Å²) >= 11 is 6.10. The Morgan fingerprint density at radius 2 is 2.05 bits per heavy atom. The molecule has 0 amide bonds. The summed E-state index contributed by atoms with van der Waals surface area (Å²) in [6.45, 7) is 0.668. The van der Waals surface area contributed by atoms with Crippen molar-refractivity contribution in [2.45, 2.75) is 19.3 Å². The average Bonchev–Trinajstić information content (AvgIpc) is 2.88. The van der Waals surface area contributed by atoms with Crippen LogP contribution in [0.4, 0.5) is 0 Å². The predicted octanol–water partition coefficient (Wildman–Crippen LogP) is 3.02. The Hall–Kier alpha value is -1.87. The molecule has 2 aromatic rings. The zero-order valence-electron chi connectivity index (χ0n) is 10.9. The summed E-state index contributed by atoms with van der Waals surface area (Å²) in [4.78, 5) is 16.1. The molecule has 1 aromatic carbocycles. The number of hydrogen-bond acceptors (Lipinski definition) is 3. The largest absolute Gasteiger partial charge is 0.493 e. The van der Waals surface area contributed by atoms with E-state index in [1.54, 1.807) is 12.4 Å². The highest BCUT2D eigenvalue weighted by molar-refractivity contribution is 6.30. The van der Waals surface area contributed by atoms with Gasteiger partial charge in [-0.05, 0) is 35.4 Å². The number of hydrogen-bond donors (Lipinski definition) is 0. The number of Topliss-reactive ketones (excluding diaryl/α,β-unsaturated/α-hetero) is 1. The summed E-state index contributed by atoms with van der Waals surface area (Å²) < 4.78 is 5.61. The van der Waals surface area contributed by atoms with Gasteiger partial charge in [-0.15, -0.1) is 0 Å². The number of nitrogens with zero attached hydrogens (tertiary/aromatic N) is 1. The molecule has 1 aliphatic heterocycles. The number of pyridine rings is 1. The summed E-state index contributed by atoms with van der Waals surface area (Å²) in [5.74, 6) is 0.994. The number of fused-ring (bicyclic) bond motifs is 1. The van der Waals surface area contributed by atoms with E-state index in [9.17, 15) is 4.79 Å². The lowest BCUT2D eigenvalue weighted by atomic mass is 10.0. The minimum atomic E-state index is 0.149. The summed E-state index contributed by atoms with van der Waals surface area (Å²) in [6, 6.07) is 7.46. The molecule has 0 radical (unpaired) electrons. The zero-order chi connectivity index (χ0) is 13.9. The maximum Gasteiger partial charge on any atom is 0.141 e. The SMILES string of the molecule is O=C(Cc1ccncc1)Cc1cc(Cl)cc2c1OCC2. The maximum atomic E-state index is 12.2. The van der Waals surface area contributed by atoms with Crippen molar-refractivity contribution in [3.8, 4) is 5.75 Å². The molecule has 0 saturated carbocycles. The van der Waals surface area contributed by atoms with Gasteiger partial charge in [0.15, 0.2) is 0 Å². The molecule has 0 saturated heterocycles. The van der Waals surface area contributed by atoms with Gasteiger partial charge in [-0.1, -0.05) is 11.6 Å². The molecular formula is C16H14ClNO2. The maximum absolute atomic E-state index is 12.2. The minimum Gasteiger partial charge on any atom is -0.493 e. The Morgan fingerprint density at radius 1 is 1.25 bits per heavy atom. The van der Waals surface area contributed by atoms with Gasteiger partial charge >= 0.3 is 0 Å². The van der Waals surface area contributed by atoms with Crippen molar-refractivity contribution in [2.24, 2.45) is 0 Å². The quantitative estimate of drug-likeness (QED) is 0.868. The molecule has 102 valence electrons. The number of halogens is 1. The van der Waals surface area contributed by atoms with E-state index in [2.05, 4.69) is 4.98 Å². The second-order valence-electron chi connectivity index (χ2n) is 4.90. The van der Waals surface area contributed by atoms with E-state index >= 15 is 0 Å². The van der Waals surface area contributed by atoms with Crippen LogP contribution in [0, 0.1) is 0 Å². The Balaban J connectivity index is 1.77. The molecular weight excluding hydrogens is 274 g/mol. The van der Waals surface area contributed by atoms with Crippen molar-refractivity contribution in [1.82, 2.24) is 4.98 Å². The van der Waals surface area contributed by atoms with Crippen LogP contribution in [-0.4, -0.2) is 17.4 Å². The van der Waals surface area contributed by atoms with Crippen LogP contribution in [0.5, 0.6) is 5.75 Å². The van der Waals surface area contributed by atoms with Gasteiger partial charge in [-0.2, -0.15) is 0 Å². The first-order chi connectivity index (χ1) is 9.72. The number of ether oxygens (including phenoxy) is 1. The lowest BCUT2D eigenvalue weighted by molar-refractivity contribution is -0.117. The van der Waals surface area contributed by atoms with Crippen molar-refractivity contribution in [2.75, 3.05) is 6.61 Å². The van der Waals surface area contributed by atoms with Crippen LogP contribution in [0.15, 0.2) is 36.7 Å². The van der Waals surface area contributed by atoms with E-state index in [1.807, 2.05) is 24.3 Å². The number of benzene rings is 1. The van der Waals surface area contributed by atoms with E-state index in [0.29, 0.717) is 24.5 Å². The predicted molar refractivity (Wildman–Crippen MR) is 77.3 cm³/mol. The van der Waals surface area contributed by atoms with E-state index in [1.165, 1.54) is 0 Å². The third kappa shape index (κ3) is 2.83. The molecule has 2 heterocycles. The number of rotatable bonds is 4. The summed E-state index contributed by atoms with van der Waals surface area (Å²) in [6.07, 6.45) is 5.02. The van der Waals surface area contributed by atoms with Crippen LogP contribution in [0.3, 0.4) is 0 Å². The van der Waals surface area contributed by atoms with E-state index in [-0.39, 0.29) is 5.78 Å². The lowest BCUT2D eigenvalue weighted by Crippen LogP contribution is -2.07. The van der Waals surface area contributed by atoms with E-state index in [4.69, 9.17) is 16.3 Å². The number of aromatic nitrogens is 1. The van der Waals surface area contributed by atoms with E-state index in [0.717, 1.165) is 28.9 Å². The molecule has 0 aliphatic carbocycles. The third-order valence-corrected chi connectivity index (χ3v) is 3.58. The molecule has 0 atom stereocenters. The average molecular weight is 288 g/mol. The molecule has 0 N–H and O–H groups in total. The summed E-state index contributed by atoms with van der Waals surface area (Å²) in [5.41, 5.74) is 2.97. The lowest BCUT2D eigenvalue weighted by Gasteiger charge is -2.08. The molecule has 20 heavy (non-hydrogen) atoms. The number of ketones is 1. The number of carbonyl (C=O) groups excluding carboxylic acids is 1. The number of carbonyl (C=O) groups is 1. The van der Waals surface area contributed by atoms with Crippen LogP contribution in [0.25, 0.3) is 0 Å². The summed E-state index contributed by atoms with van der Waals surface area (Å²) in [7, 11) is 0. The van der Waals surface area contributed by atoms with Gasteiger partial charge in [0.25, 0.3) is 0 Å². The molecule has 0 fully saturated rings. The highest BCUT2D eigenvalue weighted by atomic mass is 35.5. The van der Waals surface area contributed by atoms with E-state index < -0.39 is 0 Å². The molecule has 0 bridgehead atoms. The van der Waals surface area contributed by atoms with Crippen LogP contribution < -0.4 is 4.74 Å². The Labute approximate surface area is 122 Å². The van der Waals surface area contributed by atoms with Crippen LogP contribution in [0.2, 0.25) is 5.02 Å². The van der Waals surface area contributed by atoms with Crippen molar-refractivity contribution in [3.05, 3.63) is 58.4 Å². The molecule has 1 aromatic heterocycles. The Kier molecular flexibility index (Phi) is 3.70.